The van der Waals surface area contributed by atoms with Gasteiger partial charge in [-0.1, -0.05) is 37.6 Å². The van der Waals surface area contributed by atoms with Crippen molar-refractivity contribution in [1.29, 1.82) is 0 Å². The van der Waals surface area contributed by atoms with E-state index in [1.54, 1.807) is 0 Å². The number of carbonyl (C=O) groups is 1. The van der Waals surface area contributed by atoms with Gasteiger partial charge in [0.1, 0.15) is 5.82 Å². The lowest BCUT2D eigenvalue weighted by Crippen LogP contribution is -2.45. The lowest BCUT2D eigenvalue weighted by molar-refractivity contribution is -0.121. The number of rotatable bonds is 4. The van der Waals surface area contributed by atoms with Crippen molar-refractivity contribution in [2.45, 2.75) is 58.8 Å². The number of ketones is 1. The number of hydrogen-bond donors (Lipinski definition) is 0. The van der Waals surface area contributed by atoms with Crippen LogP contribution in [0.3, 0.4) is 0 Å². The van der Waals surface area contributed by atoms with Crippen molar-refractivity contribution < 1.29 is 4.79 Å². The van der Waals surface area contributed by atoms with Crippen LogP contribution in [0.25, 0.3) is 10.5 Å². The molecule has 4 rings (SSSR count). The van der Waals surface area contributed by atoms with E-state index >= 15 is 0 Å². The summed E-state index contributed by atoms with van der Waals surface area (Å²) in [5.41, 5.74) is 5.76. The van der Waals surface area contributed by atoms with Crippen molar-refractivity contribution in [1.82, 2.24) is 9.55 Å². The molecule has 1 aromatic carbocycles. The van der Waals surface area contributed by atoms with Crippen molar-refractivity contribution in [3.05, 3.63) is 82.4 Å². The first-order valence-electron chi connectivity index (χ1n) is 10.7. The van der Waals surface area contributed by atoms with Crippen LogP contribution in [-0.4, -0.2) is 15.3 Å². The Morgan fingerprint density at radius 2 is 2.20 bits per heavy atom. The molecule has 2 aliphatic carbocycles. The second-order valence-electron chi connectivity index (χ2n) is 9.14. The van der Waals surface area contributed by atoms with Gasteiger partial charge >= 0.3 is 0 Å². The normalized spacial score (nSPS) is 25.2. The predicted molar refractivity (Wildman–Crippen MR) is 119 cm³/mol. The first-order valence-corrected chi connectivity index (χ1v) is 10.7. The Morgan fingerprint density at radius 3 is 2.90 bits per heavy atom. The van der Waals surface area contributed by atoms with Crippen LogP contribution in [0, 0.1) is 25.3 Å². The molecule has 1 heterocycles. The number of hydrogen-bond acceptors (Lipinski definition) is 2. The number of aryl methyl sites for hydroxylation is 2. The minimum absolute atomic E-state index is 0.0164. The third-order valence-electron chi connectivity index (χ3n) is 6.95. The quantitative estimate of drug-likeness (QED) is 0.501. The fraction of sp³-hybridized carbons (Fsp3) is 0.423. The molecule has 0 saturated carbocycles. The van der Waals surface area contributed by atoms with E-state index in [-0.39, 0.29) is 28.7 Å². The number of Topliss-reactive ketones (excluding diaryl/α,β-unsaturated/α-hetero) is 1. The van der Waals surface area contributed by atoms with E-state index in [9.17, 15) is 4.79 Å². The van der Waals surface area contributed by atoms with E-state index in [4.69, 9.17) is 11.6 Å². The first-order chi connectivity index (χ1) is 14.3. The van der Waals surface area contributed by atoms with Crippen molar-refractivity contribution in [3.63, 3.8) is 0 Å². The second kappa shape index (κ2) is 7.40. The zero-order valence-corrected chi connectivity index (χ0v) is 18.3. The highest BCUT2D eigenvalue weighted by Gasteiger charge is 2.49. The van der Waals surface area contributed by atoms with Crippen LogP contribution in [0.2, 0.25) is 0 Å². The first kappa shape index (κ1) is 20.3. The number of fused-ring (bicyclic) bond motifs is 3. The molecular formula is C26H29N3O. The van der Waals surface area contributed by atoms with Gasteiger partial charge in [0.05, 0.1) is 12.3 Å². The molecule has 0 radical (unpaired) electrons. The lowest BCUT2D eigenvalue weighted by atomic mass is 9.59. The standard InChI is InChI=1S/C26H29N3O/c1-16(2)10-11-19-8-7-9-20(14-19)29-18(4)28-25-23(29)13-12-21-17(3)24(30)22(27-6)15-26(21,25)5/h7-9,14-15,17,21H,1,10-13H2,2-5H3/t17-,21-,26-/m0/s1. The number of nitrogens with zero attached hydrogens (tertiary/aromatic N) is 3. The maximum absolute atomic E-state index is 12.6. The third kappa shape index (κ3) is 3.13. The Balaban J connectivity index is 1.81. The number of benzene rings is 1. The van der Waals surface area contributed by atoms with E-state index < -0.39 is 0 Å². The number of imidazole rings is 1. The Hall–Kier alpha value is -2.93. The van der Waals surface area contributed by atoms with Crippen LogP contribution in [0.5, 0.6) is 0 Å². The molecule has 1 aromatic heterocycles. The molecule has 0 amide bonds. The second-order valence-corrected chi connectivity index (χ2v) is 9.14. The highest BCUT2D eigenvalue weighted by molar-refractivity contribution is 6.00. The lowest BCUT2D eigenvalue weighted by Gasteiger charge is -2.44. The highest BCUT2D eigenvalue weighted by Crippen LogP contribution is 2.50. The summed E-state index contributed by atoms with van der Waals surface area (Å²) in [6.45, 7) is 19.7. The Labute approximate surface area is 179 Å². The van der Waals surface area contributed by atoms with Gasteiger partial charge in [0.25, 0.3) is 0 Å². The van der Waals surface area contributed by atoms with Gasteiger partial charge in [-0.05, 0) is 63.1 Å². The summed E-state index contributed by atoms with van der Waals surface area (Å²) in [4.78, 5) is 21.1. The highest BCUT2D eigenvalue weighted by atomic mass is 16.1. The molecule has 2 aromatic rings. The van der Waals surface area contributed by atoms with Gasteiger partial charge in [-0.25, -0.2) is 9.83 Å². The van der Waals surface area contributed by atoms with Crippen molar-refractivity contribution >= 4 is 5.78 Å². The summed E-state index contributed by atoms with van der Waals surface area (Å²) in [5, 5.41) is 0. The predicted octanol–water partition coefficient (Wildman–Crippen LogP) is 5.53. The topological polar surface area (TPSA) is 39.2 Å². The van der Waals surface area contributed by atoms with Crippen LogP contribution in [0.15, 0.2) is 48.2 Å². The van der Waals surface area contributed by atoms with Gasteiger partial charge in [-0.3, -0.25) is 0 Å². The average molecular weight is 400 g/mol. The van der Waals surface area contributed by atoms with Gasteiger partial charge in [0, 0.05) is 22.7 Å². The molecule has 4 nitrogen and oxygen atoms in total. The molecule has 2 aliphatic rings. The van der Waals surface area contributed by atoms with E-state index in [2.05, 4.69) is 54.1 Å². The van der Waals surface area contributed by atoms with E-state index in [0.29, 0.717) is 0 Å². The fourth-order valence-corrected chi connectivity index (χ4v) is 5.36. The van der Waals surface area contributed by atoms with Crippen LogP contribution >= 0.6 is 0 Å². The van der Waals surface area contributed by atoms with Gasteiger partial charge in [0.2, 0.25) is 5.70 Å². The molecule has 0 fully saturated rings. The largest absolute Gasteiger partial charge is 0.308 e. The average Bonchev–Trinajstić information content (AvgIpc) is 3.06. The van der Waals surface area contributed by atoms with Gasteiger partial charge in [0.15, 0.2) is 5.78 Å². The van der Waals surface area contributed by atoms with Crippen LogP contribution in [0.1, 0.15) is 56.4 Å². The van der Waals surface area contributed by atoms with Gasteiger partial charge in [-0.2, -0.15) is 0 Å². The van der Waals surface area contributed by atoms with Crippen molar-refractivity contribution in [2.75, 3.05) is 0 Å². The SMILES string of the molecule is [C-]#[N+]C1=C[C@]2(C)c3nc(C)n(-c4cccc(CCC(=C)C)c4)c3CC[C@H]2[C@H](C)C1=O. The van der Waals surface area contributed by atoms with Gasteiger partial charge < -0.3 is 9.36 Å². The molecule has 0 aliphatic heterocycles. The molecule has 30 heavy (non-hydrogen) atoms. The summed E-state index contributed by atoms with van der Waals surface area (Å²) in [6, 6.07) is 8.67. The van der Waals surface area contributed by atoms with Crippen LogP contribution in [0.4, 0.5) is 0 Å². The Kier molecular flexibility index (Phi) is 5.02. The molecule has 0 unspecified atom stereocenters. The van der Waals surface area contributed by atoms with E-state index in [0.717, 1.165) is 42.9 Å². The smallest absolute Gasteiger partial charge is 0.226 e. The van der Waals surface area contributed by atoms with E-state index in [1.165, 1.54) is 16.8 Å². The third-order valence-corrected chi connectivity index (χ3v) is 6.95. The summed E-state index contributed by atoms with van der Waals surface area (Å²) >= 11 is 0. The summed E-state index contributed by atoms with van der Waals surface area (Å²) < 4.78 is 2.27. The molecule has 4 heteroatoms. The number of aromatic nitrogens is 2. The van der Waals surface area contributed by atoms with Crippen molar-refractivity contribution in [3.8, 4) is 5.69 Å². The molecule has 0 spiro atoms. The minimum Gasteiger partial charge on any atom is -0.308 e. The molecule has 3 atom stereocenters. The molecule has 0 bridgehead atoms. The maximum atomic E-state index is 12.6. The summed E-state index contributed by atoms with van der Waals surface area (Å²) in [7, 11) is 0. The Morgan fingerprint density at radius 1 is 1.43 bits per heavy atom. The summed E-state index contributed by atoms with van der Waals surface area (Å²) in [5.74, 6) is 0.986. The molecule has 0 saturated heterocycles. The van der Waals surface area contributed by atoms with Gasteiger partial charge in [-0.15, -0.1) is 6.58 Å². The monoisotopic (exact) mass is 399 g/mol. The van der Waals surface area contributed by atoms with E-state index in [1.807, 2.05) is 19.9 Å². The zero-order chi connectivity index (χ0) is 21.6. The maximum Gasteiger partial charge on any atom is 0.226 e. The number of carbonyl (C=O) groups excluding carboxylic acids is 1. The molecular weight excluding hydrogens is 370 g/mol. The molecule has 154 valence electrons. The zero-order valence-electron chi connectivity index (χ0n) is 18.3. The molecule has 0 N–H and O–H groups in total. The van der Waals surface area contributed by atoms with Crippen LogP contribution in [-0.2, 0) is 23.1 Å². The fourth-order valence-electron chi connectivity index (χ4n) is 5.36. The Bertz CT molecular complexity index is 1110. The minimum atomic E-state index is -0.381. The summed E-state index contributed by atoms with van der Waals surface area (Å²) in [6.07, 6.45) is 5.69. The van der Waals surface area contributed by atoms with Crippen molar-refractivity contribution in [2.24, 2.45) is 11.8 Å². The number of allylic oxidation sites excluding steroid dienone is 3. The van der Waals surface area contributed by atoms with Crippen LogP contribution < -0.4 is 0 Å².